The number of benzene rings is 1. The third kappa shape index (κ3) is 4.82. The first-order valence-electron chi connectivity index (χ1n) is 9.41. The average molecular weight is 399 g/mol. The van der Waals surface area contributed by atoms with Crippen molar-refractivity contribution in [3.63, 3.8) is 0 Å². The Labute approximate surface area is 169 Å². The molecule has 1 aromatic carbocycles. The first-order valence-corrected chi connectivity index (χ1v) is 9.41. The zero-order valence-electron chi connectivity index (χ0n) is 17.0. The predicted octanol–water partition coefficient (Wildman–Crippen LogP) is 3.09. The van der Waals surface area contributed by atoms with Gasteiger partial charge in [-0.25, -0.2) is 4.79 Å². The molecule has 0 N–H and O–H groups in total. The van der Waals surface area contributed by atoms with Crippen LogP contribution in [0.3, 0.4) is 0 Å². The maximum Gasteiger partial charge on any atom is 0.410 e. The smallest absolute Gasteiger partial charge is 0.410 e. The van der Waals surface area contributed by atoms with Gasteiger partial charge in [0.05, 0.1) is 17.8 Å². The molecule has 0 aliphatic carbocycles. The number of aromatic nitrogens is 1. The summed E-state index contributed by atoms with van der Waals surface area (Å²) in [6.07, 6.45) is 0.331. The van der Waals surface area contributed by atoms with Crippen molar-refractivity contribution in [1.29, 1.82) is 0 Å². The molecular weight excluding hydrogens is 374 g/mol. The van der Waals surface area contributed by atoms with Crippen LogP contribution >= 0.6 is 0 Å². The lowest BCUT2D eigenvalue weighted by Gasteiger charge is -2.38. The van der Waals surface area contributed by atoms with E-state index in [0.717, 1.165) is 5.69 Å². The summed E-state index contributed by atoms with van der Waals surface area (Å²) in [6.45, 7) is 6.75. The van der Waals surface area contributed by atoms with E-state index in [-0.39, 0.29) is 24.5 Å². The second-order valence-corrected chi connectivity index (χ2v) is 8.17. The highest BCUT2D eigenvalue weighted by Crippen LogP contribution is 2.28. The van der Waals surface area contributed by atoms with Crippen LogP contribution in [0, 0.1) is 0 Å². The fourth-order valence-electron chi connectivity index (χ4n) is 3.04. The van der Waals surface area contributed by atoms with Gasteiger partial charge in [0.25, 0.3) is 5.91 Å². The number of hydrogen-bond acceptors (Lipinski definition) is 6. The highest BCUT2D eigenvalue weighted by Gasteiger charge is 2.36. The van der Waals surface area contributed by atoms with Crippen LogP contribution in [0.5, 0.6) is 0 Å². The van der Waals surface area contributed by atoms with Crippen molar-refractivity contribution < 1.29 is 23.6 Å². The highest BCUT2D eigenvalue weighted by molar-refractivity contribution is 6.01. The molecule has 1 aromatic heterocycles. The van der Waals surface area contributed by atoms with Crippen LogP contribution in [0.15, 0.2) is 34.9 Å². The monoisotopic (exact) mass is 399 g/mol. The van der Waals surface area contributed by atoms with Gasteiger partial charge in [-0.15, -0.1) is 0 Å². The Bertz CT molecular complexity index is 909. The maximum absolute atomic E-state index is 12.6. The van der Waals surface area contributed by atoms with E-state index in [4.69, 9.17) is 9.26 Å². The summed E-state index contributed by atoms with van der Waals surface area (Å²) in [6, 6.07) is 8.45. The standard InChI is InChI=1S/C21H25N3O5/c1-21(2,3)28-20(27)24-10-15(11-24)18-9-16(29-22-18)12-23(4)19(26)17-8-6-5-7-14(17)13-25/h5-9,13,15H,10-12H2,1-4H3. The molecule has 2 amide bonds. The fraction of sp³-hybridized carbons (Fsp3) is 0.429. The van der Waals surface area contributed by atoms with E-state index in [2.05, 4.69) is 5.16 Å². The third-order valence-electron chi connectivity index (χ3n) is 4.59. The minimum Gasteiger partial charge on any atom is -0.444 e. The Morgan fingerprint density at radius 2 is 2.00 bits per heavy atom. The van der Waals surface area contributed by atoms with Crippen LogP contribution in [0.4, 0.5) is 4.79 Å². The van der Waals surface area contributed by atoms with Gasteiger partial charge in [-0.05, 0) is 26.8 Å². The van der Waals surface area contributed by atoms with Gasteiger partial charge in [0.1, 0.15) is 5.60 Å². The van der Waals surface area contributed by atoms with Gasteiger partial charge >= 0.3 is 6.09 Å². The van der Waals surface area contributed by atoms with Crippen LogP contribution in [-0.2, 0) is 11.3 Å². The van der Waals surface area contributed by atoms with Gasteiger partial charge in [0.15, 0.2) is 12.0 Å². The van der Waals surface area contributed by atoms with Crippen LogP contribution in [-0.4, -0.2) is 59.0 Å². The maximum atomic E-state index is 12.6. The number of rotatable bonds is 5. The number of amides is 2. The lowest BCUT2D eigenvalue weighted by Crippen LogP contribution is -2.50. The Hall–Kier alpha value is -3.16. The van der Waals surface area contributed by atoms with Crippen LogP contribution in [0.1, 0.15) is 58.9 Å². The summed E-state index contributed by atoms with van der Waals surface area (Å²) < 4.78 is 10.7. The largest absolute Gasteiger partial charge is 0.444 e. The van der Waals surface area contributed by atoms with E-state index in [1.165, 1.54) is 4.90 Å². The topological polar surface area (TPSA) is 92.9 Å². The Morgan fingerprint density at radius 1 is 1.31 bits per heavy atom. The molecule has 1 saturated heterocycles. The minimum absolute atomic E-state index is 0.0804. The average Bonchev–Trinajstić information content (AvgIpc) is 3.06. The summed E-state index contributed by atoms with van der Waals surface area (Å²) >= 11 is 0. The summed E-state index contributed by atoms with van der Waals surface area (Å²) in [4.78, 5) is 38.9. The molecule has 1 aliphatic rings. The molecule has 2 heterocycles. The van der Waals surface area contributed by atoms with Crippen molar-refractivity contribution in [2.24, 2.45) is 0 Å². The summed E-state index contributed by atoms with van der Waals surface area (Å²) in [5.41, 5.74) is 0.910. The van der Waals surface area contributed by atoms with E-state index < -0.39 is 5.60 Å². The van der Waals surface area contributed by atoms with Crippen LogP contribution < -0.4 is 0 Å². The number of aldehydes is 1. The van der Waals surface area contributed by atoms with Gasteiger partial charge < -0.3 is 19.1 Å². The molecule has 0 saturated carbocycles. The molecule has 0 spiro atoms. The first-order chi connectivity index (χ1) is 13.7. The fourth-order valence-corrected chi connectivity index (χ4v) is 3.04. The minimum atomic E-state index is -0.525. The number of likely N-dealkylation sites (tertiary alicyclic amines) is 1. The molecule has 0 atom stereocenters. The van der Waals surface area contributed by atoms with E-state index in [9.17, 15) is 14.4 Å². The molecule has 0 radical (unpaired) electrons. The van der Waals surface area contributed by atoms with Crippen LogP contribution in [0.25, 0.3) is 0 Å². The molecular formula is C21H25N3O5. The molecule has 1 aliphatic heterocycles. The molecule has 0 bridgehead atoms. The normalized spacial score (nSPS) is 14.3. The molecule has 0 unspecified atom stereocenters. The van der Waals surface area contributed by atoms with Crippen molar-refractivity contribution in [2.75, 3.05) is 20.1 Å². The van der Waals surface area contributed by atoms with E-state index in [0.29, 0.717) is 36.3 Å². The summed E-state index contributed by atoms with van der Waals surface area (Å²) in [5, 5.41) is 4.08. The van der Waals surface area contributed by atoms with E-state index in [1.807, 2.05) is 20.8 Å². The van der Waals surface area contributed by atoms with E-state index >= 15 is 0 Å². The molecule has 29 heavy (non-hydrogen) atoms. The molecule has 8 heteroatoms. The Kier molecular flexibility index (Phi) is 5.72. The van der Waals surface area contributed by atoms with Crippen molar-refractivity contribution in [3.05, 3.63) is 52.9 Å². The lowest BCUT2D eigenvalue weighted by molar-refractivity contribution is 0.00762. The Balaban J connectivity index is 1.56. The van der Waals surface area contributed by atoms with Crippen LogP contribution in [0.2, 0.25) is 0 Å². The third-order valence-corrected chi connectivity index (χ3v) is 4.59. The molecule has 3 rings (SSSR count). The van der Waals surface area contributed by atoms with Crippen molar-refractivity contribution in [3.8, 4) is 0 Å². The first kappa shape index (κ1) is 20.6. The van der Waals surface area contributed by atoms with Crippen molar-refractivity contribution in [2.45, 2.75) is 38.8 Å². The van der Waals surface area contributed by atoms with Crippen molar-refractivity contribution in [1.82, 2.24) is 15.0 Å². The zero-order chi connectivity index (χ0) is 21.2. The summed E-state index contributed by atoms with van der Waals surface area (Å²) in [5.74, 6) is 0.345. The lowest BCUT2D eigenvalue weighted by atomic mass is 9.97. The van der Waals surface area contributed by atoms with Gasteiger partial charge in [0, 0.05) is 37.7 Å². The van der Waals surface area contributed by atoms with Crippen molar-refractivity contribution >= 4 is 18.3 Å². The Morgan fingerprint density at radius 3 is 2.66 bits per heavy atom. The number of carbonyl (C=O) groups excluding carboxylic acids is 3. The second kappa shape index (κ2) is 8.06. The zero-order valence-corrected chi connectivity index (χ0v) is 17.0. The molecule has 1 fully saturated rings. The predicted molar refractivity (Wildman–Crippen MR) is 105 cm³/mol. The number of carbonyl (C=O) groups is 3. The van der Waals surface area contributed by atoms with Gasteiger partial charge in [-0.2, -0.15) is 0 Å². The van der Waals surface area contributed by atoms with Gasteiger partial charge in [0.2, 0.25) is 0 Å². The van der Waals surface area contributed by atoms with E-state index in [1.54, 1.807) is 42.3 Å². The quantitative estimate of drug-likeness (QED) is 0.718. The second-order valence-electron chi connectivity index (χ2n) is 8.17. The van der Waals surface area contributed by atoms with Gasteiger partial charge in [-0.1, -0.05) is 23.4 Å². The van der Waals surface area contributed by atoms with Gasteiger partial charge in [-0.3, -0.25) is 9.59 Å². The number of ether oxygens (including phenoxy) is 1. The number of nitrogens with zero attached hydrogens (tertiary/aromatic N) is 3. The molecule has 8 nitrogen and oxygen atoms in total. The molecule has 154 valence electrons. The number of hydrogen-bond donors (Lipinski definition) is 0. The summed E-state index contributed by atoms with van der Waals surface area (Å²) in [7, 11) is 1.64. The SMILES string of the molecule is CN(Cc1cc(C2CN(C(=O)OC(C)(C)C)C2)no1)C(=O)c1ccccc1C=O. The molecule has 2 aromatic rings. The highest BCUT2D eigenvalue weighted by atomic mass is 16.6.